The fraction of sp³-hybridized carbons (Fsp3) is 0.211. The molecule has 0 aliphatic heterocycles. The monoisotopic (exact) mass is 469 g/mol. The smallest absolute Gasteiger partial charge is 0.397 e. The first-order chi connectivity index (χ1) is 14.5. The minimum absolute atomic E-state index is 0.118. The number of hydrogen-bond donors (Lipinski definition) is 2. The quantitative estimate of drug-likeness (QED) is 0.501. The third kappa shape index (κ3) is 5.56. The first-order valence-corrected chi connectivity index (χ1v) is 9.97. The molecule has 0 saturated heterocycles. The molecule has 1 atom stereocenters. The Hall–Kier alpha value is -3.05. The van der Waals surface area contributed by atoms with Gasteiger partial charge in [0.15, 0.2) is 5.78 Å². The molecule has 1 amide bonds. The molecule has 162 valence electrons. The number of nitrogens with one attached hydrogen (secondary N) is 1. The molecule has 31 heavy (non-hydrogen) atoms. The lowest BCUT2D eigenvalue weighted by atomic mass is 10.0. The van der Waals surface area contributed by atoms with Crippen molar-refractivity contribution in [3.8, 4) is 0 Å². The van der Waals surface area contributed by atoms with Crippen LogP contribution in [0.2, 0.25) is 5.02 Å². The number of nitrogens with zero attached hydrogens (tertiary/aromatic N) is 3. The lowest BCUT2D eigenvalue weighted by Gasteiger charge is -2.10. The summed E-state index contributed by atoms with van der Waals surface area (Å²) in [5.74, 6) is -1.45. The summed E-state index contributed by atoms with van der Waals surface area (Å²) in [4.78, 5) is 36.7. The maximum Gasteiger partial charge on any atom is 0.418 e. The molecular formula is C19H15ClF3N5O2S. The van der Waals surface area contributed by atoms with Crippen molar-refractivity contribution in [1.29, 1.82) is 0 Å². The molecule has 0 aliphatic carbocycles. The number of pyridine rings is 2. The van der Waals surface area contributed by atoms with Gasteiger partial charge in [0, 0.05) is 36.5 Å². The molecule has 3 rings (SSSR count). The standard InChI is InChI=1S/C19H15ClF3N5O2S/c1-9(2-14(29)10-3-11(24)6-25-5-10)18-27-8-15(31-18)17(30)28-16-4-12(19(21,22)23)13(20)7-26-16/h3-9H,2,24H2,1H3,(H,26,28,30). The Morgan fingerprint density at radius 1 is 1.19 bits per heavy atom. The summed E-state index contributed by atoms with van der Waals surface area (Å²) in [5, 5.41) is 2.25. The fourth-order valence-electron chi connectivity index (χ4n) is 2.62. The van der Waals surface area contributed by atoms with Crippen molar-refractivity contribution in [1.82, 2.24) is 15.0 Å². The molecule has 0 radical (unpaired) electrons. The summed E-state index contributed by atoms with van der Waals surface area (Å²) in [6.45, 7) is 1.77. The molecule has 3 heterocycles. The maximum atomic E-state index is 13.0. The van der Waals surface area contributed by atoms with Gasteiger partial charge in [0.25, 0.3) is 5.91 Å². The zero-order valence-corrected chi connectivity index (χ0v) is 17.5. The number of hydrogen-bond acceptors (Lipinski definition) is 7. The number of Topliss-reactive ketones (excluding diaryl/α,β-unsaturated/α-hetero) is 1. The zero-order chi connectivity index (χ0) is 22.8. The van der Waals surface area contributed by atoms with E-state index in [1.165, 1.54) is 24.7 Å². The van der Waals surface area contributed by atoms with Crippen LogP contribution in [0.3, 0.4) is 0 Å². The van der Waals surface area contributed by atoms with Crippen LogP contribution in [-0.4, -0.2) is 26.6 Å². The number of anilines is 2. The number of carbonyl (C=O) groups excluding carboxylic acids is 2. The average molecular weight is 470 g/mol. The molecule has 0 aromatic carbocycles. The minimum Gasteiger partial charge on any atom is -0.397 e. The van der Waals surface area contributed by atoms with Crippen molar-refractivity contribution >= 4 is 46.1 Å². The van der Waals surface area contributed by atoms with Gasteiger partial charge in [-0.05, 0) is 12.1 Å². The number of carbonyl (C=O) groups is 2. The van der Waals surface area contributed by atoms with Crippen molar-refractivity contribution in [3.63, 3.8) is 0 Å². The van der Waals surface area contributed by atoms with E-state index in [2.05, 4.69) is 20.3 Å². The molecule has 3 aromatic rings. The molecule has 0 fully saturated rings. The second kappa shape index (κ2) is 8.98. The molecule has 0 saturated carbocycles. The van der Waals surface area contributed by atoms with Gasteiger partial charge in [-0.3, -0.25) is 14.6 Å². The van der Waals surface area contributed by atoms with Gasteiger partial charge >= 0.3 is 6.18 Å². The third-order valence-corrected chi connectivity index (χ3v) is 5.67. The van der Waals surface area contributed by atoms with Crippen LogP contribution in [0.1, 0.15) is 49.9 Å². The first-order valence-electron chi connectivity index (χ1n) is 8.78. The van der Waals surface area contributed by atoms with Gasteiger partial charge in [-0.2, -0.15) is 13.2 Å². The minimum atomic E-state index is -4.68. The second-order valence-corrected chi connectivity index (χ2v) is 8.07. The highest BCUT2D eigenvalue weighted by molar-refractivity contribution is 7.13. The Morgan fingerprint density at radius 3 is 2.61 bits per heavy atom. The lowest BCUT2D eigenvalue weighted by Crippen LogP contribution is -2.13. The summed E-state index contributed by atoms with van der Waals surface area (Å²) in [7, 11) is 0. The van der Waals surface area contributed by atoms with Crippen LogP contribution in [-0.2, 0) is 6.18 Å². The average Bonchev–Trinajstić information content (AvgIpc) is 3.19. The number of rotatable bonds is 6. The van der Waals surface area contributed by atoms with Crippen LogP contribution in [0, 0.1) is 0 Å². The first kappa shape index (κ1) is 22.6. The number of amides is 1. The highest BCUT2D eigenvalue weighted by Gasteiger charge is 2.34. The largest absolute Gasteiger partial charge is 0.418 e. The summed E-state index contributed by atoms with van der Waals surface area (Å²) in [6, 6.07) is 2.18. The van der Waals surface area contributed by atoms with Crippen LogP contribution in [0.25, 0.3) is 0 Å². The van der Waals surface area contributed by atoms with Crippen molar-refractivity contribution in [3.05, 3.63) is 63.0 Å². The summed E-state index contributed by atoms with van der Waals surface area (Å²) >= 11 is 6.56. The Bertz CT molecular complexity index is 1140. The highest BCUT2D eigenvalue weighted by atomic mass is 35.5. The number of aromatic nitrogens is 3. The number of nitrogens with two attached hydrogens (primary N) is 1. The van der Waals surface area contributed by atoms with Gasteiger partial charge in [-0.1, -0.05) is 18.5 Å². The van der Waals surface area contributed by atoms with Gasteiger partial charge in [0.2, 0.25) is 0 Å². The predicted octanol–water partition coefficient (Wildman–Crippen LogP) is 4.82. The maximum absolute atomic E-state index is 13.0. The Morgan fingerprint density at radius 2 is 1.94 bits per heavy atom. The van der Waals surface area contributed by atoms with Crippen molar-refractivity contribution in [2.45, 2.75) is 25.4 Å². The Balaban J connectivity index is 1.69. The third-order valence-electron chi connectivity index (χ3n) is 4.14. The highest BCUT2D eigenvalue weighted by Crippen LogP contribution is 2.35. The number of nitrogen functional groups attached to an aromatic ring is 1. The van der Waals surface area contributed by atoms with E-state index in [1.54, 1.807) is 6.92 Å². The Kier molecular flexibility index (Phi) is 6.56. The molecule has 0 aliphatic rings. The van der Waals surface area contributed by atoms with Crippen molar-refractivity contribution < 1.29 is 22.8 Å². The van der Waals surface area contributed by atoms with Gasteiger partial charge in [-0.25, -0.2) is 9.97 Å². The topological polar surface area (TPSA) is 111 Å². The van der Waals surface area contributed by atoms with E-state index >= 15 is 0 Å². The molecular weight excluding hydrogens is 455 g/mol. The van der Waals surface area contributed by atoms with E-state index in [4.69, 9.17) is 17.3 Å². The Labute approximate surface area is 183 Å². The summed E-state index contributed by atoms with van der Waals surface area (Å²) in [6.07, 6.45) is 0.390. The predicted molar refractivity (Wildman–Crippen MR) is 110 cm³/mol. The number of halogens is 4. The normalized spacial score (nSPS) is 12.4. The molecule has 0 bridgehead atoms. The van der Waals surface area contributed by atoms with Crippen molar-refractivity contribution in [2.75, 3.05) is 11.1 Å². The number of thiazole rings is 1. The van der Waals surface area contributed by atoms with Crippen LogP contribution in [0.15, 0.2) is 36.9 Å². The van der Waals surface area contributed by atoms with E-state index in [9.17, 15) is 22.8 Å². The van der Waals surface area contributed by atoms with Gasteiger partial charge < -0.3 is 11.1 Å². The fourth-order valence-corrected chi connectivity index (χ4v) is 3.69. The zero-order valence-electron chi connectivity index (χ0n) is 15.9. The van der Waals surface area contributed by atoms with Crippen LogP contribution >= 0.6 is 22.9 Å². The van der Waals surface area contributed by atoms with Crippen molar-refractivity contribution in [2.24, 2.45) is 0 Å². The van der Waals surface area contributed by atoms with Crippen LogP contribution in [0.4, 0.5) is 24.7 Å². The SMILES string of the molecule is CC(CC(=O)c1cncc(N)c1)c1ncc(C(=O)Nc2cc(C(F)(F)F)c(Cl)cn2)s1. The second-order valence-electron chi connectivity index (χ2n) is 6.60. The van der Waals surface area contributed by atoms with Crippen LogP contribution in [0.5, 0.6) is 0 Å². The summed E-state index contributed by atoms with van der Waals surface area (Å²) < 4.78 is 38.9. The molecule has 1 unspecified atom stereocenters. The van der Waals surface area contributed by atoms with Crippen LogP contribution < -0.4 is 11.1 Å². The van der Waals surface area contributed by atoms with Gasteiger partial charge in [-0.15, -0.1) is 11.3 Å². The molecule has 3 aromatic heterocycles. The van der Waals surface area contributed by atoms with E-state index < -0.39 is 22.7 Å². The van der Waals surface area contributed by atoms with E-state index in [0.717, 1.165) is 17.5 Å². The molecule has 7 nitrogen and oxygen atoms in total. The molecule has 12 heteroatoms. The molecule has 0 spiro atoms. The molecule has 3 N–H and O–H groups in total. The van der Waals surface area contributed by atoms with E-state index in [-0.39, 0.29) is 28.8 Å². The number of alkyl halides is 3. The van der Waals surface area contributed by atoms with Gasteiger partial charge in [0.1, 0.15) is 10.7 Å². The number of ketones is 1. The van der Waals surface area contributed by atoms with E-state index in [1.807, 2.05) is 0 Å². The summed E-state index contributed by atoms with van der Waals surface area (Å²) in [5.41, 5.74) is 5.27. The lowest BCUT2D eigenvalue weighted by molar-refractivity contribution is -0.137. The van der Waals surface area contributed by atoms with Gasteiger partial charge in [0.05, 0.1) is 27.5 Å². The van der Waals surface area contributed by atoms with E-state index in [0.29, 0.717) is 22.3 Å².